The molecule has 1 unspecified atom stereocenters. The van der Waals surface area contributed by atoms with Crippen LogP contribution in [-0.4, -0.2) is 6.61 Å². The van der Waals surface area contributed by atoms with Crippen molar-refractivity contribution < 1.29 is 4.74 Å². The Kier molecular flexibility index (Phi) is 2.23. The first-order valence-electron chi connectivity index (χ1n) is 4.28. The standard InChI is InChI=1S/C11H12O/c1-2-6-10(7-3-1)11-8-4-5-9-12-11/h1-7,11H,8-9H2. The van der Waals surface area contributed by atoms with Crippen LogP contribution >= 0.6 is 0 Å². The van der Waals surface area contributed by atoms with E-state index in [0.29, 0.717) is 0 Å². The zero-order valence-corrected chi connectivity index (χ0v) is 6.94. The summed E-state index contributed by atoms with van der Waals surface area (Å²) in [7, 11) is 0. The van der Waals surface area contributed by atoms with E-state index in [1.165, 1.54) is 5.56 Å². The molecule has 0 N–H and O–H groups in total. The molecule has 12 heavy (non-hydrogen) atoms. The van der Waals surface area contributed by atoms with E-state index >= 15 is 0 Å². The quantitative estimate of drug-likeness (QED) is 0.574. The van der Waals surface area contributed by atoms with Crippen molar-refractivity contribution >= 4 is 0 Å². The Hall–Kier alpha value is -1.08. The van der Waals surface area contributed by atoms with Gasteiger partial charge in [-0.2, -0.15) is 0 Å². The summed E-state index contributed by atoms with van der Waals surface area (Å²) in [6.07, 6.45) is 5.53. The van der Waals surface area contributed by atoms with Gasteiger partial charge in [-0.15, -0.1) is 0 Å². The van der Waals surface area contributed by atoms with Crippen LogP contribution in [0.4, 0.5) is 0 Å². The first kappa shape index (κ1) is 7.56. The summed E-state index contributed by atoms with van der Waals surface area (Å²) in [5, 5.41) is 0. The third-order valence-electron chi connectivity index (χ3n) is 2.08. The fourth-order valence-corrected chi connectivity index (χ4v) is 1.43. The molecule has 1 nitrogen and oxygen atoms in total. The molecule has 1 aromatic carbocycles. The van der Waals surface area contributed by atoms with Crippen LogP contribution in [0.3, 0.4) is 0 Å². The Bertz CT molecular complexity index is 264. The topological polar surface area (TPSA) is 9.23 Å². The molecule has 1 atom stereocenters. The van der Waals surface area contributed by atoms with Gasteiger partial charge in [0.15, 0.2) is 0 Å². The lowest BCUT2D eigenvalue weighted by molar-refractivity contribution is 0.0678. The van der Waals surface area contributed by atoms with Crippen LogP contribution in [0.15, 0.2) is 42.5 Å². The van der Waals surface area contributed by atoms with Crippen molar-refractivity contribution in [2.45, 2.75) is 12.5 Å². The average molecular weight is 160 g/mol. The first-order chi connectivity index (χ1) is 5.97. The van der Waals surface area contributed by atoms with E-state index in [9.17, 15) is 0 Å². The van der Waals surface area contributed by atoms with Crippen molar-refractivity contribution in [2.75, 3.05) is 6.61 Å². The van der Waals surface area contributed by atoms with Crippen LogP contribution in [0.25, 0.3) is 0 Å². The zero-order valence-electron chi connectivity index (χ0n) is 6.94. The van der Waals surface area contributed by atoms with Gasteiger partial charge in [0.2, 0.25) is 0 Å². The van der Waals surface area contributed by atoms with Crippen molar-refractivity contribution in [3.63, 3.8) is 0 Å². The van der Waals surface area contributed by atoms with E-state index in [4.69, 9.17) is 4.74 Å². The molecule has 0 amide bonds. The van der Waals surface area contributed by atoms with Gasteiger partial charge in [0, 0.05) is 0 Å². The van der Waals surface area contributed by atoms with Gasteiger partial charge < -0.3 is 4.74 Å². The van der Waals surface area contributed by atoms with Gasteiger partial charge in [-0.3, -0.25) is 0 Å². The number of rotatable bonds is 1. The highest BCUT2D eigenvalue weighted by Crippen LogP contribution is 2.23. The predicted molar refractivity (Wildman–Crippen MR) is 48.9 cm³/mol. The summed E-state index contributed by atoms with van der Waals surface area (Å²) in [6, 6.07) is 10.4. The van der Waals surface area contributed by atoms with E-state index in [1.54, 1.807) is 0 Å². The minimum Gasteiger partial charge on any atom is -0.369 e. The van der Waals surface area contributed by atoms with E-state index in [1.807, 2.05) is 6.07 Å². The van der Waals surface area contributed by atoms with Crippen LogP contribution in [-0.2, 0) is 4.74 Å². The lowest BCUT2D eigenvalue weighted by Crippen LogP contribution is -2.06. The van der Waals surface area contributed by atoms with Crippen LogP contribution in [0.2, 0.25) is 0 Å². The Labute approximate surface area is 72.7 Å². The molecule has 1 heteroatoms. The Morgan fingerprint density at radius 1 is 1.08 bits per heavy atom. The number of ether oxygens (including phenoxy) is 1. The SMILES string of the molecule is C1=CCC(c2ccccc2)OC1. The van der Waals surface area contributed by atoms with Gasteiger partial charge in [-0.1, -0.05) is 42.5 Å². The molecule has 2 rings (SSSR count). The summed E-state index contributed by atoms with van der Waals surface area (Å²) in [6.45, 7) is 0.750. The second-order valence-corrected chi connectivity index (χ2v) is 2.94. The van der Waals surface area contributed by atoms with Crippen molar-refractivity contribution in [1.82, 2.24) is 0 Å². The summed E-state index contributed by atoms with van der Waals surface area (Å²) in [5.74, 6) is 0. The fourth-order valence-electron chi connectivity index (χ4n) is 1.43. The van der Waals surface area contributed by atoms with E-state index in [2.05, 4.69) is 36.4 Å². The van der Waals surface area contributed by atoms with Crippen molar-refractivity contribution in [1.29, 1.82) is 0 Å². The third-order valence-corrected chi connectivity index (χ3v) is 2.08. The minimum absolute atomic E-state index is 0.274. The second-order valence-electron chi connectivity index (χ2n) is 2.94. The van der Waals surface area contributed by atoms with Crippen LogP contribution in [0.1, 0.15) is 18.1 Å². The molecule has 1 aliphatic rings. The van der Waals surface area contributed by atoms with E-state index in [-0.39, 0.29) is 6.10 Å². The summed E-state index contributed by atoms with van der Waals surface area (Å²) in [4.78, 5) is 0. The van der Waals surface area contributed by atoms with Crippen LogP contribution < -0.4 is 0 Å². The highest BCUT2D eigenvalue weighted by Gasteiger charge is 2.11. The normalized spacial score (nSPS) is 22.5. The summed E-state index contributed by atoms with van der Waals surface area (Å²) >= 11 is 0. The van der Waals surface area contributed by atoms with Gasteiger partial charge in [-0.05, 0) is 12.0 Å². The monoisotopic (exact) mass is 160 g/mol. The molecule has 1 aromatic rings. The Morgan fingerprint density at radius 3 is 2.58 bits per heavy atom. The van der Waals surface area contributed by atoms with Crippen molar-refractivity contribution in [2.24, 2.45) is 0 Å². The molecule has 0 spiro atoms. The minimum atomic E-state index is 0.274. The average Bonchev–Trinajstić information content (AvgIpc) is 2.21. The van der Waals surface area contributed by atoms with Crippen molar-refractivity contribution in [3.8, 4) is 0 Å². The molecule has 62 valence electrons. The number of hydrogen-bond acceptors (Lipinski definition) is 1. The lowest BCUT2D eigenvalue weighted by atomic mass is 10.1. The molecule has 0 aliphatic carbocycles. The van der Waals surface area contributed by atoms with E-state index in [0.717, 1.165) is 13.0 Å². The number of benzene rings is 1. The second kappa shape index (κ2) is 3.55. The zero-order chi connectivity index (χ0) is 8.23. The molecule has 1 heterocycles. The largest absolute Gasteiger partial charge is 0.369 e. The van der Waals surface area contributed by atoms with Crippen LogP contribution in [0.5, 0.6) is 0 Å². The lowest BCUT2D eigenvalue weighted by Gasteiger charge is -2.18. The summed E-state index contributed by atoms with van der Waals surface area (Å²) < 4.78 is 5.58. The maximum absolute atomic E-state index is 5.58. The first-order valence-corrected chi connectivity index (χ1v) is 4.28. The molecule has 0 aromatic heterocycles. The van der Waals surface area contributed by atoms with Gasteiger partial charge >= 0.3 is 0 Å². The van der Waals surface area contributed by atoms with Gasteiger partial charge in [0.05, 0.1) is 12.7 Å². The molecule has 1 aliphatic heterocycles. The molecular formula is C11H12O. The van der Waals surface area contributed by atoms with Crippen molar-refractivity contribution in [3.05, 3.63) is 48.0 Å². The molecule has 0 saturated carbocycles. The maximum atomic E-state index is 5.58. The molecule has 0 saturated heterocycles. The molecule has 0 bridgehead atoms. The Balaban J connectivity index is 2.15. The molecular weight excluding hydrogens is 148 g/mol. The Morgan fingerprint density at radius 2 is 1.92 bits per heavy atom. The van der Waals surface area contributed by atoms with Gasteiger partial charge in [0.1, 0.15) is 0 Å². The highest BCUT2D eigenvalue weighted by molar-refractivity contribution is 5.19. The molecule has 0 fully saturated rings. The van der Waals surface area contributed by atoms with Gasteiger partial charge in [-0.25, -0.2) is 0 Å². The highest BCUT2D eigenvalue weighted by atomic mass is 16.5. The van der Waals surface area contributed by atoms with Crippen LogP contribution in [0, 0.1) is 0 Å². The maximum Gasteiger partial charge on any atom is 0.0863 e. The number of hydrogen-bond donors (Lipinski definition) is 0. The molecule has 0 radical (unpaired) electrons. The smallest absolute Gasteiger partial charge is 0.0863 e. The van der Waals surface area contributed by atoms with E-state index < -0.39 is 0 Å². The fraction of sp³-hybridized carbons (Fsp3) is 0.273. The predicted octanol–water partition coefficient (Wildman–Crippen LogP) is 2.70. The third kappa shape index (κ3) is 1.56. The summed E-state index contributed by atoms with van der Waals surface area (Å²) in [5.41, 5.74) is 1.28. The van der Waals surface area contributed by atoms with Gasteiger partial charge in [0.25, 0.3) is 0 Å².